The third-order valence-corrected chi connectivity index (χ3v) is 2.86. The lowest BCUT2D eigenvalue weighted by molar-refractivity contribution is -0.00589. The Morgan fingerprint density at radius 3 is 2.76 bits per heavy atom. The molecule has 0 bridgehead atoms. The first-order valence-corrected chi connectivity index (χ1v) is 5.69. The Hall–Kier alpha value is -1.72. The van der Waals surface area contributed by atoms with E-state index < -0.39 is 0 Å². The predicted molar refractivity (Wildman–Crippen MR) is 63.3 cm³/mol. The minimum absolute atomic E-state index is 0.454. The molecule has 0 atom stereocenters. The summed E-state index contributed by atoms with van der Waals surface area (Å²) in [6, 6.07) is 10.5. The van der Waals surface area contributed by atoms with E-state index in [9.17, 15) is 0 Å². The van der Waals surface area contributed by atoms with E-state index in [0.29, 0.717) is 6.04 Å². The Morgan fingerprint density at radius 2 is 2.06 bits per heavy atom. The highest BCUT2D eigenvalue weighted by Gasteiger charge is 2.18. The van der Waals surface area contributed by atoms with Gasteiger partial charge in [-0.2, -0.15) is 15.4 Å². The fourth-order valence-electron chi connectivity index (χ4n) is 1.80. The minimum atomic E-state index is 0.454. The van der Waals surface area contributed by atoms with Gasteiger partial charge in [0.25, 0.3) is 0 Å². The molecule has 0 unspecified atom stereocenters. The summed E-state index contributed by atoms with van der Waals surface area (Å²) in [7, 11) is 0. The van der Waals surface area contributed by atoms with E-state index >= 15 is 0 Å². The van der Waals surface area contributed by atoms with Crippen LogP contribution in [0.4, 0.5) is 0 Å². The molecule has 1 saturated heterocycles. The smallest absolute Gasteiger partial charge is 0.117 e. The molecule has 88 valence electrons. The van der Waals surface area contributed by atoms with Gasteiger partial charge >= 0.3 is 0 Å². The molecule has 1 aliphatic heterocycles. The number of hydrogen-bond acceptors (Lipinski definition) is 4. The number of ether oxygens (including phenoxy) is 1. The molecule has 2 heterocycles. The van der Waals surface area contributed by atoms with Crippen molar-refractivity contribution >= 4 is 0 Å². The average Bonchev–Trinajstić information content (AvgIpc) is 2.76. The van der Waals surface area contributed by atoms with Gasteiger partial charge in [0.15, 0.2) is 0 Å². The Bertz CT molecular complexity index is 478. The number of hydrogen-bond donors (Lipinski definition) is 2. The summed E-state index contributed by atoms with van der Waals surface area (Å²) < 4.78 is 5.11. The van der Waals surface area contributed by atoms with Crippen molar-refractivity contribution in [3.8, 4) is 11.3 Å². The number of nitrogens with zero attached hydrogens (tertiary/aromatic N) is 2. The maximum absolute atomic E-state index is 5.11. The van der Waals surface area contributed by atoms with E-state index in [2.05, 4.69) is 20.7 Å². The van der Waals surface area contributed by atoms with Crippen LogP contribution >= 0.6 is 0 Å². The molecule has 0 amide bonds. The number of nitrogens with one attached hydrogen (secondary N) is 2. The second kappa shape index (κ2) is 4.65. The molecule has 5 nitrogen and oxygen atoms in total. The molecule has 0 saturated carbocycles. The quantitative estimate of drug-likeness (QED) is 0.821. The lowest BCUT2D eigenvalue weighted by Crippen LogP contribution is -2.45. The van der Waals surface area contributed by atoms with Crippen LogP contribution in [0.5, 0.6) is 0 Å². The first kappa shape index (κ1) is 10.4. The van der Waals surface area contributed by atoms with E-state index in [4.69, 9.17) is 4.74 Å². The zero-order valence-corrected chi connectivity index (χ0v) is 9.39. The summed E-state index contributed by atoms with van der Waals surface area (Å²) in [5.74, 6) is 0. The standard InChI is InChI=1S/C12H14N4O/c1-2-4-9(5-3-1)12-11(14-16-15-12)6-13-10-7-17-8-10/h1-5,10,13H,6-8H2,(H,14,15,16). The number of rotatable bonds is 4. The number of H-pyrrole nitrogens is 1. The van der Waals surface area contributed by atoms with Gasteiger partial charge in [0.2, 0.25) is 0 Å². The first-order chi connectivity index (χ1) is 8.43. The molecule has 0 radical (unpaired) electrons. The van der Waals surface area contributed by atoms with Crippen LogP contribution in [0.3, 0.4) is 0 Å². The first-order valence-electron chi connectivity index (χ1n) is 5.69. The molecule has 3 rings (SSSR count). The lowest BCUT2D eigenvalue weighted by Gasteiger charge is -2.26. The minimum Gasteiger partial charge on any atom is -0.378 e. The Labute approximate surface area is 99.2 Å². The molecule has 1 aromatic carbocycles. The SMILES string of the molecule is c1ccc(-c2n[nH]nc2CNC2COC2)cc1. The van der Waals surface area contributed by atoms with Crippen molar-refractivity contribution < 1.29 is 4.74 Å². The largest absolute Gasteiger partial charge is 0.378 e. The molecule has 2 N–H and O–H groups in total. The van der Waals surface area contributed by atoms with E-state index in [1.807, 2.05) is 30.3 Å². The van der Waals surface area contributed by atoms with Gasteiger partial charge in [0.05, 0.1) is 19.3 Å². The highest BCUT2D eigenvalue weighted by Crippen LogP contribution is 2.18. The number of benzene rings is 1. The van der Waals surface area contributed by atoms with Gasteiger partial charge in [-0.1, -0.05) is 30.3 Å². The highest BCUT2D eigenvalue weighted by molar-refractivity contribution is 5.60. The van der Waals surface area contributed by atoms with Crippen molar-refractivity contribution in [2.75, 3.05) is 13.2 Å². The van der Waals surface area contributed by atoms with Crippen LogP contribution in [0.25, 0.3) is 11.3 Å². The molecular formula is C12H14N4O. The monoisotopic (exact) mass is 230 g/mol. The summed E-state index contributed by atoms with van der Waals surface area (Å²) in [5, 5.41) is 14.5. The topological polar surface area (TPSA) is 62.8 Å². The molecule has 1 fully saturated rings. The summed E-state index contributed by atoms with van der Waals surface area (Å²) in [5.41, 5.74) is 2.95. The van der Waals surface area contributed by atoms with Crippen molar-refractivity contribution in [2.24, 2.45) is 0 Å². The van der Waals surface area contributed by atoms with Crippen molar-refractivity contribution in [3.63, 3.8) is 0 Å². The maximum Gasteiger partial charge on any atom is 0.117 e. The van der Waals surface area contributed by atoms with Crippen LogP contribution in [0, 0.1) is 0 Å². The van der Waals surface area contributed by atoms with Gasteiger partial charge in [0.1, 0.15) is 11.4 Å². The second-order valence-corrected chi connectivity index (χ2v) is 4.10. The van der Waals surface area contributed by atoms with Crippen LogP contribution in [0.15, 0.2) is 30.3 Å². The van der Waals surface area contributed by atoms with Gasteiger partial charge in [-0.3, -0.25) is 0 Å². The van der Waals surface area contributed by atoms with E-state index in [1.165, 1.54) is 0 Å². The van der Waals surface area contributed by atoms with Gasteiger partial charge in [-0.25, -0.2) is 0 Å². The highest BCUT2D eigenvalue weighted by atomic mass is 16.5. The number of aromatic amines is 1. The van der Waals surface area contributed by atoms with E-state index in [-0.39, 0.29) is 0 Å². The van der Waals surface area contributed by atoms with E-state index in [1.54, 1.807) is 0 Å². The summed E-state index contributed by atoms with van der Waals surface area (Å²) in [6.07, 6.45) is 0. The Morgan fingerprint density at radius 1 is 1.24 bits per heavy atom. The summed E-state index contributed by atoms with van der Waals surface area (Å²) in [6.45, 7) is 2.30. The van der Waals surface area contributed by atoms with Crippen molar-refractivity contribution in [2.45, 2.75) is 12.6 Å². The third-order valence-electron chi connectivity index (χ3n) is 2.86. The molecular weight excluding hydrogens is 216 g/mol. The van der Waals surface area contributed by atoms with Crippen LogP contribution in [0.2, 0.25) is 0 Å². The average molecular weight is 230 g/mol. The normalized spacial score (nSPS) is 15.8. The molecule has 5 heteroatoms. The van der Waals surface area contributed by atoms with Crippen LogP contribution < -0.4 is 5.32 Å². The fourth-order valence-corrected chi connectivity index (χ4v) is 1.80. The van der Waals surface area contributed by atoms with Crippen LogP contribution in [0.1, 0.15) is 5.69 Å². The molecule has 0 spiro atoms. The van der Waals surface area contributed by atoms with Gasteiger partial charge in [-0.15, -0.1) is 0 Å². The molecule has 0 aliphatic carbocycles. The number of aromatic nitrogens is 3. The summed E-state index contributed by atoms with van der Waals surface area (Å²) in [4.78, 5) is 0. The lowest BCUT2D eigenvalue weighted by atomic mass is 10.1. The van der Waals surface area contributed by atoms with Crippen LogP contribution in [-0.2, 0) is 11.3 Å². The molecule has 17 heavy (non-hydrogen) atoms. The van der Waals surface area contributed by atoms with Gasteiger partial charge < -0.3 is 10.1 Å². The second-order valence-electron chi connectivity index (χ2n) is 4.10. The van der Waals surface area contributed by atoms with Gasteiger partial charge in [0, 0.05) is 12.1 Å². The maximum atomic E-state index is 5.11. The van der Waals surface area contributed by atoms with Crippen molar-refractivity contribution in [1.29, 1.82) is 0 Å². The fraction of sp³-hybridized carbons (Fsp3) is 0.333. The molecule has 1 aliphatic rings. The predicted octanol–water partition coefficient (Wildman–Crippen LogP) is 0.960. The zero-order chi connectivity index (χ0) is 11.5. The van der Waals surface area contributed by atoms with Gasteiger partial charge in [-0.05, 0) is 0 Å². The Kier molecular flexibility index (Phi) is 2.85. The summed E-state index contributed by atoms with van der Waals surface area (Å²) >= 11 is 0. The molecule has 2 aromatic rings. The molecule has 1 aromatic heterocycles. The van der Waals surface area contributed by atoms with Crippen molar-refractivity contribution in [1.82, 2.24) is 20.7 Å². The third kappa shape index (κ3) is 2.20. The van der Waals surface area contributed by atoms with Crippen LogP contribution in [-0.4, -0.2) is 34.7 Å². The Balaban J connectivity index is 1.74. The zero-order valence-electron chi connectivity index (χ0n) is 9.39. The van der Waals surface area contributed by atoms with Crippen molar-refractivity contribution in [3.05, 3.63) is 36.0 Å². The van der Waals surface area contributed by atoms with E-state index in [0.717, 1.165) is 36.7 Å².